The van der Waals surface area contributed by atoms with Crippen LogP contribution in [0.5, 0.6) is 5.75 Å². The quantitative estimate of drug-likeness (QED) is 0.256. The average molecular weight is 572 g/mol. The Labute approximate surface area is 211 Å². The normalized spacial score (nSPS) is 16.8. The van der Waals surface area contributed by atoms with Crippen molar-refractivity contribution in [3.05, 3.63) is 59.7 Å². The Hall–Kier alpha value is -1.65. The first-order chi connectivity index (χ1) is 15.2. The third kappa shape index (κ3) is 8.71. The molecule has 2 unspecified atom stereocenters. The molecule has 6 nitrogen and oxygen atoms in total. The van der Waals surface area contributed by atoms with E-state index in [2.05, 4.69) is 35.8 Å². The molecule has 0 aromatic heterocycles. The molecular weight excluding hydrogens is 537 g/mol. The highest BCUT2D eigenvalue weighted by Crippen LogP contribution is 2.23. The number of hydrogen-bond acceptors (Lipinski definition) is 4. The van der Waals surface area contributed by atoms with Crippen LogP contribution in [-0.2, 0) is 22.1 Å². The van der Waals surface area contributed by atoms with Gasteiger partial charge < -0.3 is 20.1 Å². The topological polar surface area (TPSA) is 72.0 Å². The number of hydrogen-bond donors (Lipinski definition) is 2. The number of ether oxygens (including phenoxy) is 2. The van der Waals surface area contributed by atoms with Crippen LogP contribution in [0.1, 0.15) is 30.9 Å². The first-order valence-electron chi connectivity index (χ1n) is 10.9. The van der Waals surface area contributed by atoms with Crippen LogP contribution in [-0.4, -0.2) is 48.3 Å². The zero-order valence-electron chi connectivity index (χ0n) is 18.8. The van der Waals surface area contributed by atoms with Crippen molar-refractivity contribution in [1.29, 1.82) is 0 Å². The standard InChI is InChI=1S/C24H33N3O3S.HI/c1-3-25-24(26-13-15-31(28)22-9-5-4-6-10-22)27-17-20-12-11-19(2)16-23(20)30-18-21-8-7-14-29-21;/h4-6,9-12,16,21H,3,7-8,13-15,17-18H2,1-2H3,(H2,25,26,27);1H. The number of guanidine groups is 1. The van der Waals surface area contributed by atoms with Crippen molar-refractivity contribution in [2.45, 2.75) is 44.2 Å². The van der Waals surface area contributed by atoms with Gasteiger partial charge in [-0.2, -0.15) is 0 Å². The zero-order chi connectivity index (χ0) is 21.9. The molecule has 0 aliphatic carbocycles. The van der Waals surface area contributed by atoms with E-state index >= 15 is 0 Å². The Balaban J connectivity index is 0.00000363. The average Bonchev–Trinajstić information content (AvgIpc) is 3.31. The highest BCUT2D eigenvalue weighted by Gasteiger charge is 2.17. The van der Waals surface area contributed by atoms with E-state index in [0.717, 1.165) is 47.8 Å². The summed E-state index contributed by atoms with van der Waals surface area (Å²) in [4.78, 5) is 5.55. The predicted octanol–water partition coefficient (Wildman–Crippen LogP) is 4.03. The molecule has 0 radical (unpaired) electrons. The highest BCUT2D eigenvalue weighted by molar-refractivity contribution is 14.0. The number of aliphatic imine (C=N–C) groups is 1. The lowest BCUT2D eigenvalue weighted by Crippen LogP contribution is -2.39. The Kier molecular flexibility index (Phi) is 12.0. The summed E-state index contributed by atoms with van der Waals surface area (Å²) < 4.78 is 24.2. The van der Waals surface area contributed by atoms with E-state index in [-0.39, 0.29) is 30.1 Å². The third-order valence-corrected chi connectivity index (χ3v) is 6.38. The van der Waals surface area contributed by atoms with E-state index in [1.165, 1.54) is 0 Å². The first kappa shape index (κ1) is 26.6. The second-order valence-electron chi connectivity index (χ2n) is 7.54. The second-order valence-corrected chi connectivity index (χ2v) is 9.11. The molecule has 1 saturated heterocycles. The molecule has 0 saturated carbocycles. The van der Waals surface area contributed by atoms with Crippen LogP contribution in [0.3, 0.4) is 0 Å². The lowest BCUT2D eigenvalue weighted by molar-refractivity contribution is 0.0676. The van der Waals surface area contributed by atoms with Gasteiger partial charge in [0.1, 0.15) is 12.4 Å². The summed E-state index contributed by atoms with van der Waals surface area (Å²) >= 11 is 0. The number of nitrogens with one attached hydrogen (secondary N) is 2. The molecule has 2 aromatic rings. The summed E-state index contributed by atoms with van der Waals surface area (Å²) in [6.45, 7) is 7.31. The Morgan fingerprint density at radius 3 is 2.75 bits per heavy atom. The number of nitrogens with zero attached hydrogens (tertiary/aromatic N) is 1. The predicted molar refractivity (Wildman–Crippen MR) is 142 cm³/mol. The molecule has 32 heavy (non-hydrogen) atoms. The van der Waals surface area contributed by atoms with Crippen LogP contribution in [0, 0.1) is 6.92 Å². The number of benzene rings is 2. The van der Waals surface area contributed by atoms with E-state index in [1.54, 1.807) is 0 Å². The number of halogens is 1. The summed E-state index contributed by atoms with van der Waals surface area (Å²) in [6, 6.07) is 15.7. The maximum absolute atomic E-state index is 12.4. The lowest BCUT2D eigenvalue weighted by atomic mass is 10.1. The van der Waals surface area contributed by atoms with Crippen LogP contribution < -0.4 is 15.4 Å². The van der Waals surface area contributed by atoms with Gasteiger partial charge in [0.15, 0.2) is 5.96 Å². The summed E-state index contributed by atoms with van der Waals surface area (Å²) in [5.41, 5.74) is 2.19. The number of rotatable bonds is 10. The molecule has 0 amide bonds. The van der Waals surface area contributed by atoms with Crippen LogP contribution in [0.25, 0.3) is 0 Å². The Bertz CT molecular complexity index is 874. The highest BCUT2D eigenvalue weighted by atomic mass is 127. The molecule has 1 aliphatic rings. The monoisotopic (exact) mass is 571 g/mol. The van der Waals surface area contributed by atoms with Gasteiger partial charge >= 0.3 is 0 Å². The maximum Gasteiger partial charge on any atom is 0.191 e. The van der Waals surface area contributed by atoms with Gasteiger partial charge in [-0.1, -0.05) is 30.3 Å². The van der Waals surface area contributed by atoms with Crippen LogP contribution in [0.15, 0.2) is 58.4 Å². The van der Waals surface area contributed by atoms with Gasteiger partial charge in [0, 0.05) is 35.9 Å². The molecule has 2 aromatic carbocycles. The minimum Gasteiger partial charge on any atom is -0.491 e. The third-order valence-electron chi connectivity index (χ3n) is 5.01. The second kappa shape index (κ2) is 14.5. The fourth-order valence-corrected chi connectivity index (χ4v) is 4.33. The summed E-state index contributed by atoms with van der Waals surface area (Å²) in [7, 11) is -1.03. The van der Waals surface area contributed by atoms with Crippen molar-refractivity contribution in [2.24, 2.45) is 4.99 Å². The molecule has 8 heteroatoms. The lowest BCUT2D eigenvalue weighted by Gasteiger charge is -2.15. The summed E-state index contributed by atoms with van der Waals surface area (Å²) in [6.07, 6.45) is 2.34. The van der Waals surface area contributed by atoms with E-state index in [9.17, 15) is 4.21 Å². The molecule has 1 aliphatic heterocycles. The van der Waals surface area contributed by atoms with Gasteiger partial charge in [0.2, 0.25) is 0 Å². The van der Waals surface area contributed by atoms with Gasteiger partial charge in [-0.3, -0.25) is 4.21 Å². The van der Waals surface area contributed by atoms with Crippen molar-refractivity contribution in [3.8, 4) is 5.75 Å². The Morgan fingerprint density at radius 1 is 1.22 bits per heavy atom. The molecular formula is C24H34IN3O3S. The van der Waals surface area contributed by atoms with Gasteiger partial charge in [-0.25, -0.2) is 4.99 Å². The minimum absolute atomic E-state index is 0. The van der Waals surface area contributed by atoms with Gasteiger partial charge in [0.05, 0.1) is 23.4 Å². The van der Waals surface area contributed by atoms with Crippen molar-refractivity contribution < 1.29 is 13.7 Å². The Morgan fingerprint density at radius 2 is 2.03 bits per heavy atom. The van der Waals surface area contributed by atoms with Crippen molar-refractivity contribution in [1.82, 2.24) is 10.6 Å². The fourth-order valence-electron chi connectivity index (χ4n) is 3.34. The largest absolute Gasteiger partial charge is 0.491 e. The van der Waals surface area contributed by atoms with E-state index in [1.807, 2.05) is 37.3 Å². The molecule has 0 bridgehead atoms. The number of aryl methyl sites for hydroxylation is 1. The fraction of sp³-hybridized carbons (Fsp3) is 0.458. The maximum atomic E-state index is 12.4. The minimum atomic E-state index is -1.03. The van der Waals surface area contributed by atoms with E-state index in [4.69, 9.17) is 14.5 Å². The van der Waals surface area contributed by atoms with Crippen molar-refractivity contribution in [3.63, 3.8) is 0 Å². The molecule has 2 atom stereocenters. The molecule has 0 spiro atoms. The van der Waals surface area contributed by atoms with Crippen LogP contribution in [0.2, 0.25) is 0 Å². The SMILES string of the molecule is CCNC(=NCc1ccc(C)cc1OCC1CCCO1)NCCS(=O)c1ccccc1.I. The van der Waals surface area contributed by atoms with Gasteiger partial charge in [-0.05, 0) is 50.5 Å². The summed E-state index contributed by atoms with van der Waals surface area (Å²) in [5, 5.41) is 6.54. The molecule has 176 valence electrons. The van der Waals surface area contributed by atoms with E-state index in [0.29, 0.717) is 31.4 Å². The molecule has 1 fully saturated rings. The molecule has 2 N–H and O–H groups in total. The van der Waals surface area contributed by atoms with Crippen molar-refractivity contribution in [2.75, 3.05) is 32.1 Å². The van der Waals surface area contributed by atoms with Gasteiger partial charge in [0.25, 0.3) is 0 Å². The van der Waals surface area contributed by atoms with E-state index < -0.39 is 10.8 Å². The first-order valence-corrected chi connectivity index (χ1v) is 12.3. The van der Waals surface area contributed by atoms with Gasteiger partial charge in [-0.15, -0.1) is 24.0 Å². The van der Waals surface area contributed by atoms with Crippen LogP contribution in [0.4, 0.5) is 0 Å². The summed E-state index contributed by atoms with van der Waals surface area (Å²) in [5.74, 6) is 2.09. The molecule has 3 rings (SSSR count). The zero-order valence-corrected chi connectivity index (χ0v) is 22.0. The smallest absolute Gasteiger partial charge is 0.191 e. The van der Waals surface area contributed by atoms with Crippen LogP contribution >= 0.6 is 24.0 Å². The van der Waals surface area contributed by atoms with Crippen molar-refractivity contribution >= 4 is 40.7 Å². The molecule has 1 heterocycles.